The van der Waals surface area contributed by atoms with Gasteiger partial charge in [0.25, 0.3) is 0 Å². The Labute approximate surface area is 281 Å². The summed E-state index contributed by atoms with van der Waals surface area (Å²) in [4.78, 5) is 72.6. The van der Waals surface area contributed by atoms with E-state index >= 15 is 0 Å². The van der Waals surface area contributed by atoms with E-state index in [9.17, 15) is 28.8 Å². The van der Waals surface area contributed by atoms with Crippen molar-refractivity contribution in [2.45, 2.75) is 82.5 Å². The van der Waals surface area contributed by atoms with Crippen molar-refractivity contribution in [1.29, 1.82) is 0 Å². The Hall–Kier alpha value is -2.95. The minimum atomic E-state index is -0.769. The second-order valence-electron chi connectivity index (χ2n) is 12.2. The molecule has 2 saturated heterocycles. The maximum atomic E-state index is 12.9. The molecule has 6 atom stereocenters. The van der Waals surface area contributed by atoms with E-state index in [0.717, 1.165) is 25.0 Å². The summed E-state index contributed by atoms with van der Waals surface area (Å²) in [7, 11) is 0. The first kappa shape index (κ1) is 40.2. The van der Waals surface area contributed by atoms with Crippen LogP contribution in [0.3, 0.4) is 0 Å². The van der Waals surface area contributed by atoms with Crippen molar-refractivity contribution in [2.24, 2.45) is 29.2 Å². The van der Waals surface area contributed by atoms with E-state index in [1.807, 2.05) is 25.6 Å². The molecule has 0 spiro atoms. The first-order valence-corrected chi connectivity index (χ1v) is 17.7. The number of nitrogens with two attached hydrogens (primary N) is 2. The number of Topliss-reactive ketones (excluding diaryl/α,β-unsaturated/α-hetero) is 2. The second kappa shape index (κ2) is 22.6. The van der Waals surface area contributed by atoms with Crippen LogP contribution in [0, 0.1) is 17.8 Å². The number of urea groups is 2. The molecule has 268 valence electrons. The van der Waals surface area contributed by atoms with Crippen LogP contribution in [0.4, 0.5) is 9.59 Å². The van der Waals surface area contributed by atoms with Gasteiger partial charge in [-0.3, -0.25) is 19.2 Å². The maximum Gasteiger partial charge on any atom is 0.315 e. The largest absolute Gasteiger partial charge is 0.379 e. The quantitative estimate of drug-likeness (QED) is 0.0482. The number of fused-ring (bicyclic) bond motifs is 1. The van der Waals surface area contributed by atoms with Gasteiger partial charge in [0.2, 0.25) is 11.8 Å². The number of unbranched alkanes of at least 4 members (excludes halogenated alkanes) is 1. The molecule has 0 radical (unpaired) electrons. The Morgan fingerprint density at radius 2 is 1.57 bits per heavy atom. The second-order valence-corrected chi connectivity index (χ2v) is 13.5. The minimum Gasteiger partial charge on any atom is -0.379 e. The highest BCUT2D eigenvalue weighted by atomic mass is 32.2. The number of ether oxygens (including phenoxy) is 2. The molecule has 16 heteroatoms. The average Bonchev–Trinajstić information content (AvgIpc) is 3.59. The number of amides is 6. The van der Waals surface area contributed by atoms with Crippen molar-refractivity contribution in [2.75, 3.05) is 58.4 Å². The molecule has 0 aliphatic carbocycles. The summed E-state index contributed by atoms with van der Waals surface area (Å²) in [6.07, 6.45) is 3.91. The molecule has 2 aliphatic rings. The molecular formula is C31H55N7O8S. The van der Waals surface area contributed by atoms with E-state index in [2.05, 4.69) is 26.6 Å². The number of primary amides is 1. The summed E-state index contributed by atoms with van der Waals surface area (Å²) in [5.41, 5.74) is 10.8. The van der Waals surface area contributed by atoms with Crippen molar-refractivity contribution in [3.63, 3.8) is 0 Å². The highest BCUT2D eigenvalue weighted by Gasteiger charge is 2.42. The highest BCUT2D eigenvalue weighted by molar-refractivity contribution is 8.00. The van der Waals surface area contributed by atoms with E-state index in [0.29, 0.717) is 51.0 Å². The summed E-state index contributed by atoms with van der Waals surface area (Å²) in [5.74, 6) is -0.884. The van der Waals surface area contributed by atoms with Gasteiger partial charge in [0, 0.05) is 68.2 Å². The molecular weight excluding hydrogens is 630 g/mol. The standard InChI is InChI=1S/C31H55N7O8S/c1-3-21(25(40)15-22(18-36-30(33)43)24(39)14-20(2)16-32)17-35-28(42)8-10-45-12-13-46-11-9-34-27(41)7-5-4-6-26-29-23(19-47-26)37-31(44)38-29/h20-23,26,29H,3-19,32H2,1-2H3,(H,34,41)(H,35,42)(H3,33,36,43)(H2,37,38,44). The van der Waals surface area contributed by atoms with Crippen molar-refractivity contribution >= 4 is 47.2 Å². The van der Waals surface area contributed by atoms with Crippen LogP contribution >= 0.6 is 11.8 Å². The van der Waals surface area contributed by atoms with Gasteiger partial charge in [0.1, 0.15) is 11.6 Å². The van der Waals surface area contributed by atoms with Crippen LogP contribution < -0.4 is 38.1 Å². The molecule has 9 N–H and O–H groups in total. The SMILES string of the molecule is CCC(CNC(=O)CCOCCOCCNC(=O)CCCCC1SCC2NC(=O)NC21)C(=O)CC(CNC(N)=O)C(=O)CC(C)CN. The van der Waals surface area contributed by atoms with Gasteiger partial charge in [-0.2, -0.15) is 11.8 Å². The summed E-state index contributed by atoms with van der Waals surface area (Å²) in [5, 5.41) is 14.3. The van der Waals surface area contributed by atoms with Crippen LogP contribution in [0.25, 0.3) is 0 Å². The number of carbonyl (C=O) groups is 6. The third-order valence-electron chi connectivity index (χ3n) is 8.37. The van der Waals surface area contributed by atoms with Crippen molar-refractivity contribution in [3.05, 3.63) is 0 Å². The van der Waals surface area contributed by atoms with Crippen LogP contribution in [0.5, 0.6) is 0 Å². The predicted octanol–water partition coefficient (Wildman–Crippen LogP) is 0.192. The Kier molecular flexibility index (Phi) is 19.3. The molecule has 0 aromatic heterocycles. The molecule has 0 aromatic rings. The van der Waals surface area contributed by atoms with E-state index in [1.54, 1.807) is 0 Å². The lowest BCUT2D eigenvalue weighted by atomic mass is 9.87. The van der Waals surface area contributed by atoms with E-state index in [-0.39, 0.29) is 86.4 Å². The molecule has 2 rings (SSSR count). The zero-order valence-electron chi connectivity index (χ0n) is 27.8. The van der Waals surface area contributed by atoms with Gasteiger partial charge in [-0.05, 0) is 31.7 Å². The first-order chi connectivity index (χ1) is 22.5. The monoisotopic (exact) mass is 685 g/mol. The number of hydrogen-bond acceptors (Lipinski definition) is 10. The van der Waals surface area contributed by atoms with Crippen LogP contribution in [-0.2, 0) is 28.7 Å². The number of carbonyl (C=O) groups excluding carboxylic acids is 6. The van der Waals surface area contributed by atoms with E-state index in [4.69, 9.17) is 20.9 Å². The lowest BCUT2D eigenvalue weighted by molar-refractivity contribution is -0.130. The molecule has 15 nitrogen and oxygen atoms in total. The smallest absolute Gasteiger partial charge is 0.315 e. The Bertz CT molecular complexity index is 1040. The van der Waals surface area contributed by atoms with Crippen molar-refractivity contribution < 1.29 is 38.2 Å². The lowest BCUT2D eigenvalue weighted by Gasteiger charge is -2.21. The topological polar surface area (TPSA) is 233 Å². The minimum absolute atomic E-state index is 0.0128. The van der Waals surface area contributed by atoms with Crippen molar-refractivity contribution in [1.82, 2.24) is 26.6 Å². The molecule has 6 unspecified atom stereocenters. The average molecular weight is 686 g/mol. The third-order valence-corrected chi connectivity index (χ3v) is 9.87. The molecule has 47 heavy (non-hydrogen) atoms. The Morgan fingerprint density at radius 1 is 0.894 bits per heavy atom. The Balaban J connectivity index is 1.48. The number of thioether (sulfide) groups is 1. The Morgan fingerprint density at radius 3 is 2.28 bits per heavy atom. The van der Waals surface area contributed by atoms with E-state index in [1.165, 1.54) is 0 Å². The fourth-order valence-corrected chi connectivity index (χ4v) is 6.99. The van der Waals surface area contributed by atoms with Crippen LogP contribution in [0.1, 0.15) is 65.2 Å². The fraction of sp³-hybridized carbons (Fsp3) is 0.806. The van der Waals surface area contributed by atoms with Gasteiger partial charge in [-0.25, -0.2) is 9.59 Å². The summed E-state index contributed by atoms with van der Waals surface area (Å²) < 4.78 is 10.9. The number of hydrogen-bond donors (Lipinski definition) is 7. The van der Waals surface area contributed by atoms with Crippen LogP contribution in [0.2, 0.25) is 0 Å². The zero-order valence-corrected chi connectivity index (χ0v) is 28.6. The normalized spacial score (nSPS) is 20.3. The highest BCUT2D eigenvalue weighted by Crippen LogP contribution is 2.33. The van der Waals surface area contributed by atoms with Crippen molar-refractivity contribution in [3.8, 4) is 0 Å². The summed E-state index contributed by atoms with van der Waals surface area (Å²) >= 11 is 1.87. The molecule has 6 amide bonds. The van der Waals surface area contributed by atoms with Gasteiger partial charge in [0.05, 0.1) is 38.5 Å². The maximum absolute atomic E-state index is 12.9. The van der Waals surface area contributed by atoms with Gasteiger partial charge in [-0.1, -0.05) is 20.3 Å². The molecule has 2 heterocycles. The van der Waals surface area contributed by atoms with E-state index < -0.39 is 17.9 Å². The number of rotatable bonds is 26. The molecule has 0 bridgehead atoms. The molecule has 2 fully saturated rings. The fourth-order valence-electron chi connectivity index (χ4n) is 5.45. The van der Waals surface area contributed by atoms with Gasteiger partial charge in [-0.15, -0.1) is 0 Å². The summed E-state index contributed by atoms with van der Waals surface area (Å²) in [6.45, 7) is 5.70. The molecule has 0 aromatic carbocycles. The third kappa shape index (κ3) is 16.1. The van der Waals surface area contributed by atoms with Gasteiger partial charge < -0.3 is 47.5 Å². The lowest BCUT2D eigenvalue weighted by Crippen LogP contribution is -2.39. The predicted molar refractivity (Wildman–Crippen MR) is 179 cm³/mol. The number of nitrogens with one attached hydrogen (secondary N) is 5. The first-order valence-electron chi connectivity index (χ1n) is 16.7. The molecule has 0 saturated carbocycles. The van der Waals surface area contributed by atoms with Crippen LogP contribution in [0.15, 0.2) is 0 Å². The van der Waals surface area contributed by atoms with Crippen LogP contribution in [-0.4, -0.2) is 111 Å². The zero-order chi connectivity index (χ0) is 34.6. The van der Waals surface area contributed by atoms with Gasteiger partial charge in [0.15, 0.2) is 0 Å². The number of ketones is 2. The molecule has 2 aliphatic heterocycles. The summed E-state index contributed by atoms with van der Waals surface area (Å²) in [6, 6.07) is -0.444. The van der Waals surface area contributed by atoms with Gasteiger partial charge >= 0.3 is 12.1 Å².